The number of ketones is 1. The molecule has 2 heteroatoms. The van der Waals surface area contributed by atoms with Gasteiger partial charge < -0.3 is 5.11 Å². The van der Waals surface area contributed by atoms with Gasteiger partial charge >= 0.3 is 0 Å². The molecule has 2 saturated carbocycles. The molecule has 2 fully saturated rings. The number of carbonyl (C=O) groups is 1. The van der Waals surface area contributed by atoms with Crippen LogP contribution in [0.1, 0.15) is 82.3 Å². The predicted octanol–water partition coefficient (Wildman–Crippen LogP) is 6.37. The molecule has 0 spiro atoms. The molecule has 5 rings (SSSR count). The maximum Gasteiger partial charge on any atom is 0.156 e. The van der Waals surface area contributed by atoms with Crippen LogP contribution in [0.25, 0.3) is 5.57 Å². The smallest absolute Gasteiger partial charge is 0.156 e. The zero-order chi connectivity index (χ0) is 21.0. The van der Waals surface area contributed by atoms with Crippen molar-refractivity contribution in [2.45, 2.75) is 77.2 Å². The highest BCUT2D eigenvalue weighted by Crippen LogP contribution is 2.65. The molecule has 4 aliphatic rings. The van der Waals surface area contributed by atoms with Gasteiger partial charge in [-0.1, -0.05) is 48.9 Å². The number of aliphatic hydroxyl groups excluding tert-OH is 1. The van der Waals surface area contributed by atoms with E-state index in [4.69, 9.17) is 0 Å². The van der Waals surface area contributed by atoms with E-state index in [-0.39, 0.29) is 11.5 Å². The summed E-state index contributed by atoms with van der Waals surface area (Å²) in [5.41, 5.74) is 8.12. The average Bonchev–Trinajstić information content (AvgIpc) is 3.09. The summed E-state index contributed by atoms with van der Waals surface area (Å²) < 4.78 is 0. The van der Waals surface area contributed by atoms with Gasteiger partial charge in [0, 0.05) is 17.8 Å². The van der Waals surface area contributed by atoms with Gasteiger partial charge in [0.15, 0.2) is 5.78 Å². The summed E-state index contributed by atoms with van der Waals surface area (Å²) in [4.78, 5) is 12.1. The Morgan fingerprint density at radius 3 is 2.60 bits per heavy atom. The number of allylic oxidation sites excluding steroid dienone is 5. The Morgan fingerprint density at radius 1 is 1.13 bits per heavy atom. The molecular weight excluding hydrogens is 368 g/mol. The minimum atomic E-state index is -0.180. The largest absolute Gasteiger partial charge is 0.393 e. The van der Waals surface area contributed by atoms with Gasteiger partial charge in [-0.05, 0) is 92.1 Å². The van der Waals surface area contributed by atoms with Crippen LogP contribution in [0.3, 0.4) is 0 Å². The Bertz CT molecular complexity index is 947. The Kier molecular flexibility index (Phi) is 4.89. The number of benzene rings is 1. The number of fused-ring (bicyclic) bond motifs is 4. The van der Waals surface area contributed by atoms with Crippen molar-refractivity contribution in [2.75, 3.05) is 0 Å². The van der Waals surface area contributed by atoms with E-state index < -0.39 is 0 Å². The zero-order valence-corrected chi connectivity index (χ0v) is 18.4. The quantitative estimate of drug-likeness (QED) is 0.638. The number of carbonyl (C=O) groups excluding carboxylic acids is 1. The van der Waals surface area contributed by atoms with Crippen LogP contribution in [0.2, 0.25) is 0 Å². The molecule has 30 heavy (non-hydrogen) atoms. The van der Waals surface area contributed by atoms with Gasteiger partial charge in [-0.2, -0.15) is 0 Å². The average molecular weight is 403 g/mol. The highest BCUT2D eigenvalue weighted by molar-refractivity contribution is 5.93. The molecule has 4 aliphatic carbocycles. The minimum absolute atomic E-state index is 0.0398. The number of rotatable bonds is 3. The van der Waals surface area contributed by atoms with Crippen molar-refractivity contribution in [3.8, 4) is 0 Å². The number of hydrogen-bond donors (Lipinski definition) is 1. The molecule has 0 aliphatic heterocycles. The molecule has 1 aromatic carbocycles. The van der Waals surface area contributed by atoms with Gasteiger partial charge in [0.25, 0.3) is 0 Å². The monoisotopic (exact) mass is 402 g/mol. The zero-order valence-electron chi connectivity index (χ0n) is 18.4. The van der Waals surface area contributed by atoms with Crippen LogP contribution in [0.15, 0.2) is 53.6 Å². The highest BCUT2D eigenvalue weighted by Gasteiger charge is 2.57. The topological polar surface area (TPSA) is 37.3 Å². The Morgan fingerprint density at radius 2 is 1.90 bits per heavy atom. The van der Waals surface area contributed by atoms with Crippen molar-refractivity contribution in [3.63, 3.8) is 0 Å². The van der Waals surface area contributed by atoms with Crippen LogP contribution < -0.4 is 0 Å². The summed E-state index contributed by atoms with van der Waals surface area (Å²) in [5.74, 6) is 1.79. The Labute approximate surface area is 180 Å². The van der Waals surface area contributed by atoms with Crippen LogP contribution in [-0.2, 0) is 4.79 Å². The first-order valence-corrected chi connectivity index (χ1v) is 11.8. The second-order valence-electron chi connectivity index (χ2n) is 10.2. The first kappa shape index (κ1) is 20.0. The minimum Gasteiger partial charge on any atom is -0.393 e. The van der Waals surface area contributed by atoms with Crippen LogP contribution >= 0.6 is 0 Å². The first-order valence-electron chi connectivity index (χ1n) is 11.8. The second kappa shape index (κ2) is 7.34. The first-order chi connectivity index (χ1) is 14.4. The molecule has 0 saturated heterocycles. The molecule has 1 N–H and O–H groups in total. The van der Waals surface area contributed by atoms with Crippen LogP contribution in [-0.4, -0.2) is 17.0 Å². The lowest BCUT2D eigenvalue weighted by Crippen LogP contribution is -2.46. The fourth-order valence-electron chi connectivity index (χ4n) is 7.37. The fraction of sp³-hybridized carbons (Fsp3) is 0.536. The van der Waals surface area contributed by atoms with Gasteiger partial charge in [0.1, 0.15) is 0 Å². The van der Waals surface area contributed by atoms with Crippen molar-refractivity contribution in [2.24, 2.45) is 17.3 Å². The molecule has 0 radical (unpaired) electrons. The standard InChI is InChI=1S/C28H34O2/c1-4-28-16-24(19-7-5-18(6-8-19)17(2)3)27-22-12-10-21(29)15-20(22)9-11-23(27)25(28)13-14-26(28)30/h5-8,15,23-26,30H,2,4,9-14,16H2,1,3H3/t23-,24+,25-,26-,28-/m0/s1. The van der Waals surface area contributed by atoms with Crippen LogP contribution in [0, 0.1) is 17.3 Å². The van der Waals surface area contributed by atoms with E-state index in [9.17, 15) is 9.90 Å². The van der Waals surface area contributed by atoms with Gasteiger partial charge in [0.2, 0.25) is 0 Å². The lowest BCUT2D eigenvalue weighted by molar-refractivity contribution is -0.114. The van der Waals surface area contributed by atoms with Crippen molar-refractivity contribution in [1.82, 2.24) is 0 Å². The molecule has 5 atom stereocenters. The molecule has 0 heterocycles. The van der Waals surface area contributed by atoms with E-state index in [1.165, 1.54) is 22.3 Å². The molecule has 0 amide bonds. The summed E-state index contributed by atoms with van der Waals surface area (Å²) in [6, 6.07) is 8.99. The summed E-state index contributed by atoms with van der Waals surface area (Å²) in [5, 5.41) is 11.1. The van der Waals surface area contributed by atoms with E-state index in [1.807, 2.05) is 6.08 Å². The highest BCUT2D eigenvalue weighted by atomic mass is 16.3. The fourth-order valence-corrected chi connectivity index (χ4v) is 7.37. The molecule has 158 valence electrons. The van der Waals surface area contributed by atoms with Gasteiger partial charge in [-0.25, -0.2) is 0 Å². The van der Waals surface area contributed by atoms with Crippen LogP contribution in [0.5, 0.6) is 0 Å². The van der Waals surface area contributed by atoms with Crippen molar-refractivity contribution < 1.29 is 9.90 Å². The third-order valence-corrected chi connectivity index (χ3v) is 8.88. The summed E-state index contributed by atoms with van der Waals surface area (Å²) in [6.07, 6.45) is 9.68. The number of aliphatic hydroxyl groups is 1. The van der Waals surface area contributed by atoms with E-state index >= 15 is 0 Å². The molecule has 0 bridgehead atoms. The normalized spacial score (nSPS) is 35.4. The van der Waals surface area contributed by atoms with Crippen molar-refractivity contribution >= 4 is 11.4 Å². The van der Waals surface area contributed by atoms with Gasteiger partial charge in [-0.15, -0.1) is 0 Å². The third kappa shape index (κ3) is 2.91. The van der Waals surface area contributed by atoms with E-state index in [1.54, 1.807) is 5.57 Å². The third-order valence-electron chi connectivity index (χ3n) is 8.88. The molecule has 1 aromatic rings. The Hall–Kier alpha value is -1.93. The van der Waals surface area contributed by atoms with Crippen LogP contribution in [0.4, 0.5) is 0 Å². The van der Waals surface area contributed by atoms with Crippen molar-refractivity contribution in [1.29, 1.82) is 0 Å². The summed E-state index contributed by atoms with van der Waals surface area (Å²) >= 11 is 0. The van der Waals surface area contributed by atoms with E-state index in [0.29, 0.717) is 30.0 Å². The lowest BCUT2D eigenvalue weighted by Gasteiger charge is -2.53. The van der Waals surface area contributed by atoms with Crippen molar-refractivity contribution in [3.05, 3.63) is 64.8 Å². The van der Waals surface area contributed by atoms with E-state index in [0.717, 1.165) is 50.5 Å². The summed E-state index contributed by atoms with van der Waals surface area (Å²) in [6.45, 7) is 8.43. The molecule has 0 unspecified atom stereocenters. The summed E-state index contributed by atoms with van der Waals surface area (Å²) in [7, 11) is 0. The maximum atomic E-state index is 12.1. The molecule has 2 nitrogen and oxygen atoms in total. The molecular formula is C28H34O2. The van der Waals surface area contributed by atoms with Gasteiger partial charge in [0.05, 0.1) is 6.10 Å². The molecule has 0 aromatic heterocycles. The SMILES string of the molecule is C=C(C)c1ccc([C@H]2C[C@]3(CC)[C@@H](O)CC[C@H]3[C@@H]3CCC4=CC(=O)CCC4=C32)cc1. The van der Waals surface area contributed by atoms with E-state index in [2.05, 4.69) is 44.7 Å². The Balaban J connectivity index is 1.66. The second-order valence-corrected chi connectivity index (χ2v) is 10.2. The maximum absolute atomic E-state index is 12.1. The number of hydrogen-bond acceptors (Lipinski definition) is 2. The van der Waals surface area contributed by atoms with Gasteiger partial charge in [-0.3, -0.25) is 4.79 Å². The predicted molar refractivity (Wildman–Crippen MR) is 122 cm³/mol. The lowest BCUT2D eigenvalue weighted by atomic mass is 9.52.